The maximum Gasteiger partial charge on any atom is 0.249 e. The van der Waals surface area contributed by atoms with Crippen LogP contribution >= 0.6 is 0 Å². The third-order valence-corrected chi connectivity index (χ3v) is 4.26. The van der Waals surface area contributed by atoms with Gasteiger partial charge in [-0.1, -0.05) is 44.2 Å². The molecule has 0 radical (unpaired) electrons. The van der Waals surface area contributed by atoms with E-state index in [1.54, 1.807) is 4.90 Å². The normalized spacial score (nSPS) is 16.3. The predicted octanol–water partition coefficient (Wildman–Crippen LogP) is 1.56. The SMILES string of the molecule is CC(C)CC(=O)N[C@H](C(=O)N1CCN(CC#N)CC1)c1ccccc1. The van der Waals surface area contributed by atoms with Crippen molar-refractivity contribution in [2.75, 3.05) is 32.7 Å². The van der Waals surface area contributed by atoms with Crippen LogP contribution < -0.4 is 5.32 Å². The number of hydrogen-bond acceptors (Lipinski definition) is 4. The van der Waals surface area contributed by atoms with Crippen molar-refractivity contribution in [3.63, 3.8) is 0 Å². The lowest BCUT2D eigenvalue weighted by Gasteiger charge is -2.35. The highest BCUT2D eigenvalue weighted by Gasteiger charge is 2.29. The molecular formula is C19H26N4O2. The molecule has 0 bridgehead atoms. The zero-order valence-electron chi connectivity index (χ0n) is 14.9. The first-order chi connectivity index (χ1) is 12.0. The number of carbonyl (C=O) groups excluding carboxylic acids is 2. The molecular weight excluding hydrogens is 316 g/mol. The van der Waals surface area contributed by atoms with E-state index >= 15 is 0 Å². The third-order valence-electron chi connectivity index (χ3n) is 4.26. The van der Waals surface area contributed by atoms with E-state index in [9.17, 15) is 9.59 Å². The Morgan fingerprint density at radius 3 is 2.36 bits per heavy atom. The number of carbonyl (C=O) groups is 2. The Morgan fingerprint density at radius 1 is 1.16 bits per heavy atom. The second kappa shape index (κ2) is 9.19. The lowest BCUT2D eigenvalue weighted by atomic mass is 10.0. The molecule has 0 aromatic heterocycles. The molecule has 0 unspecified atom stereocenters. The van der Waals surface area contributed by atoms with Crippen LogP contribution in [0.1, 0.15) is 31.9 Å². The van der Waals surface area contributed by atoms with Gasteiger partial charge in [-0.25, -0.2) is 0 Å². The maximum absolute atomic E-state index is 13.0. The van der Waals surface area contributed by atoms with Crippen LogP contribution in [0.25, 0.3) is 0 Å². The van der Waals surface area contributed by atoms with Crippen LogP contribution in [-0.2, 0) is 9.59 Å². The Morgan fingerprint density at radius 2 is 1.80 bits per heavy atom. The number of nitriles is 1. The van der Waals surface area contributed by atoms with Crippen molar-refractivity contribution in [3.8, 4) is 6.07 Å². The molecule has 6 nitrogen and oxygen atoms in total. The molecule has 1 N–H and O–H groups in total. The Labute approximate surface area is 149 Å². The van der Waals surface area contributed by atoms with E-state index in [-0.39, 0.29) is 17.7 Å². The van der Waals surface area contributed by atoms with Gasteiger partial charge >= 0.3 is 0 Å². The molecule has 6 heteroatoms. The minimum Gasteiger partial charge on any atom is -0.341 e. The first kappa shape index (κ1) is 18.9. The lowest BCUT2D eigenvalue weighted by molar-refractivity contribution is -0.138. The van der Waals surface area contributed by atoms with Gasteiger partial charge in [0.1, 0.15) is 6.04 Å². The molecule has 2 rings (SSSR count). The Hall–Kier alpha value is -2.39. The number of amides is 2. The van der Waals surface area contributed by atoms with Crippen LogP contribution in [0, 0.1) is 17.2 Å². The van der Waals surface area contributed by atoms with Crippen LogP contribution in [0.2, 0.25) is 0 Å². The van der Waals surface area contributed by atoms with Crippen molar-refractivity contribution in [1.82, 2.24) is 15.1 Å². The summed E-state index contributed by atoms with van der Waals surface area (Å²) in [6.45, 7) is 6.85. The fourth-order valence-corrected chi connectivity index (χ4v) is 2.93. The molecule has 134 valence electrons. The van der Waals surface area contributed by atoms with Gasteiger partial charge in [0.05, 0.1) is 12.6 Å². The number of rotatable bonds is 6. The van der Waals surface area contributed by atoms with Crippen molar-refractivity contribution in [2.45, 2.75) is 26.3 Å². The molecule has 1 aliphatic rings. The van der Waals surface area contributed by atoms with Gasteiger partial charge in [-0.15, -0.1) is 0 Å². The Kier molecular flexibility index (Phi) is 6.96. The molecule has 1 aromatic carbocycles. The Balaban J connectivity index is 2.08. The summed E-state index contributed by atoms with van der Waals surface area (Å²) in [5, 5.41) is 11.7. The smallest absolute Gasteiger partial charge is 0.249 e. The van der Waals surface area contributed by atoms with Crippen LogP contribution in [0.15, 0.2) is 30.3 Å². The highest BCUT2D eigenvalue weighted by atomic mass is 16.2. The van der Waals surface area contributed by atoms with Gasteiger partial charge in [0.2, 0.25) is 11.8 Å². The summed E-state index contributed by atoms with van der Waals surface area (Å²) in [7, 11) is 0. The minimum atomic E-state index is -0.657. The van der Waals surface area contributed by atoms with Crippen LogP contribution in [0.5, 0.6) is 0 Å². The molecule has 0 aliphatic carbocycles. The summed E-state index contributed by atoms with van der Waals surface area (Å²) >= 11 is 0. The van der Waals surface area contributed by atoms with Gasteiger partial charge in [-0.05, 0) is 11.5 Å². The van der Waals surface area contributed by atoms with Gasteiger partial charge < -0.3 is 10.2 Å². The molecule has 1 atom stereocenters. The molecule has 25 heavy (non-hydrogen) atoms. The van der Waals surface area contributed by atoms with Crippen molar-refractivity contribution in [1.29, 1.82) is 5.26 Å². The molecule has 2 amide bonds. The number of hydrogen-bond donors (Lipinski definition) is 1. The van der Waals surface area contributed by atoms with E-state index in [0.717, 1.165) is 5.56 Å². The predicted molar refractivity (Wildman–Crippen MR) is 95.4 cm³/mol. The van der Waals surface area contributed by atoms with Gasteiger partial charge in [0.15, 0.2) is 0 Å². The molecule has 1 fully saturated rings. The van der Waals surface area contributed by atoms with E-state index < -0.39 is 6.04 Å². The van der Waals surface area contributed by atoms with E-state index in [1.807, 2.05) is 49.1 Å². The number of piperazine rings is 1. The average Bonchev–Trinajstić information content (AvgIpc) is 2.60. The van der Waals surface area contributed by atoms with Crippen LogP contribution in [0.4, 0.5) is 0 Å². The lowest BCUT2D eigenvalue weighted by Crippen LogP contribution is -2.52. The number of nitrogens with zero attached hydrogens (tertiary/aromatic N) is 3. The summed E-state index contributed by atoms with van der Waals surface area (Å²) in [4.78, 5) is 29.1. The molecule has 1 aromatic rings. The number of benzene rings is 1. The number of nitrogens with one attached hydrogen (secondary N) is 1. The van der Waals surface area contributed by atoms with Gasteiger partial charge in [-0.2, -0.15) is 5.26 Å². The average molecular weight is 342 g/mol. The summed E-state index contributed by atoms with van der Waals surface area (Å²) in [5.74, 6) is 0.0429. The summed E-state index contributed by atoms with van der Waals surface area (Å²) in [6.07, 6.45) is 0.395. The molecule has 0 spiro atoms. The molecule has 1 aliphatic heterocycles. The van der Waals surface area contributed by atoms with E-state index in [1.165, 1.54) is 0 Å². The largest absolute Gasteiger partial charge is 0.341 e. The summed E-state index contributed by atoms with van der Waals surface area (Å²) < 4.78 is 0. The van der Waals surface area contributed by atoms with Gasteiger partial charge in [-0.3, -0.25) is 14.5 Å². The second-order valence-corrected chi connectivity index (χ2v) is 6.77. The first-order valence-electron chi connectivity index (χ1n) is 8.73. The zero-order valence-corrected chi connectivity index (χ0v) is 14.9. The monoisotopic (exact) mass is 342 g/mol. The van der Waals surface area contributed by atoms with Crippen molar-refractivity contribution >= 4 is 11.8 Å². The van der Waals surface area contributed by atoms with Crippen LogP contribution in [0.3, 0.4) is 0 Å². The van der Waals surface area contributed by atoms with Crippen molar-refractivity contribution < 1.29 is 9.59 Å². The highest BCUT2D eigenvalue weighted by Crippen LogP contribution is 2.18. The van der Waals surface area contributed by atoms with E-state index in [2.05, 4.69) is 11.4 Å². The van der Waals surface area contributed by atoms with E-state index in [0.29, 0.717) is 39.1 Å². The Bertz CT molecular complexity index is 616. The van der Waals surface area contributed by atoms with Gasteiger partial charge in [0.25, 0.3) is 0 Å². The summed E-state index contributed by atoms with van der Waals surface area (Å²) in [6, 6.07) is 10.8. The molecule has 0 saturated carbocycles. The fraction of sp³-hybridized carbons (Fsp3) is 0.526. The maximum atomic E-state index is 13.0. The highest BCUT2D eigenvalue weighted by molar-refractivity contribution is 5.88. The minimum absolute atomic E-state index is 0.0834. The third kappa shape index (κ3) is 5.57. The van der Waals surface area contributed by atoms with Gasteiger partial charge in [0, 0.05) is 32.6 Å². The second-order valence-electron chi connectivity index (χ2n) is 6.77. The fourth-order valence-electron chi connectivity index (χ4n) is 2.93. The standard InChI is InChI=1S/C19H26N4O2/c1-15(2)14-17(24)21-18(16-6-4-3-5-7-16)19(25)23-12-10-22(9-8-20)11-13-23/h3-7,15,18H,9-14H2,1-2H3,(H,21,24)/t18-/m0/s1. The first-order valence-corrected chi connectivity index (χ1v) is 8.73. The molecule has 1 heterocycles. The summed E-state index contributed by atoms with van der Waals surface area (Å²) in [5.41, 5.74) is 0.795. The van der Waals surface area contributed by atoms with E-state index in [4.69, 9.17) is 5.26 Å². The molecule has 1 saturated heterocycles. The van der Waals surface area contributed by atoms with Crippen molar-refractivity contribution in [3.05, 3.63) is 35.9 Å². The topological polar surface area (TPSA) is 76.4 Å². The van der Waals surface area contributed by atoms with Crippen molar-refractivity contribution in [2.24, 2.45) is 5.92 Å². The quantitative estimate of drug-likeness (QED) is 0.796. The van der Waals surface area contributed by atoms with Crippen LogP contribution in [-0.4, -0.2) is 54.3 Å². The zero-order chi connectivity index (χ0) is 18.2.